The lowest BCUT2D eigenvalue weighted by atomic mass is 10.1. The van der Waals surface area contributed by atoms with Crippen LogP contribution < -0.4 is 14.8 Å². The molecule has 8 nitrogen and oxygen atoms in total. The maximum Gasteiger partial charge on any atom is 0.256 e. The lowest BCUT2D eigenvalue weighted by molar-refractivity contribution is 0.102. The van der Waals surface area contributed by atoms with E-state index in [9.17, 15) is 4.79 Å². The topological polar surface area (TPSA) is 91.2 Å². The first-order chi connectivity index (χ1) is 16.2. The summed E-state index contributed by atoms with van der Waals surface area (Å²) < 4.78 is 13.2. The molecular weight excluding hydrogens is 418 g/mol. The number of amides is 1. The molecule has 4 heterocycles. The number of anilines is 1. The molecule has 1 fully saturated rings. The molecule has 1 aliphatic carbocycles. The van der Waals surface area contributed by atoms with Gasteiger partial charge in [0, 0.05) is 36.0 Å². The van der Waals surface area contributed by atoms with Gasteiger partial charge in [0.2, 0.25) is 0 Å². The number of rotatable bonds is 4. The number of nitrogens with one attached hydrogen (secondary N) is 1. The van der Waals surface area contributed by atoms with Gasteiger partial charge < -0.3 is 14.8 Å². The number of nitrogens with zero attached hydrogens (tertiary/aromatic N) is 4. The lowest BCUT2D eigenvalue weighted by Crippen LogP contribution is -2.14. The largest absolute Gasteiger partial charge is 0.490 e. The number of aromatic nitrogens is 4. The van der Waals surface area contributed by atoms with Gasteiger partial charge in [-0.25, -0.2) is 9.97 Å². The molecule has 8 heteroatoms. The Morgan fingerprint density at radius 2 is 1.94 bits per heavy atom. The highest BCUT2D eigenvalue weighted by Gasteiger charge is 2.29. The van der Waals surface area contributed by atoms with Crippen molar-refractivity contribution >= 4 is 22.6 Å². The first kappa shape index (κ1) is 19.7. The summed E-state index contributed by atoms with van der Waals surface area (Å²) >= 11 is 0. The van der Waals surface area contributed by atoms with Crippen LogP contribution in [0.2, 0.25) is 0 Å². The summed E-state index contributed by atoms with van der Waals surface area (Å²) in [5, 5.41) is 8.44. The Kier molecular flexibility index (Phi) is 4.71. The SMILES string of the molecule is Cc1nn(-c2ccccn2)c2nc(C3CC3)cc(C(=O)Nc3ccc4c(c3)OCCCO4)c12. The predicted octanol–water partition coefficient (Wildman–Crippen LogP) is 4.41. The third-order valence-electron chi connectivity index (χ3n) is 5.94. The monoisotopic (exact) mass is 441 g/mol. The Morgan fingerprint density at radius 1 is 1.09 bits per heavy atom. The molecule has 1 N–H and O–H groups in total. The fourth-order valence-corrected chi connectivity index (χ4v) is 4.15. The quantitative estimate of drug-likeness (QED) is 0.504. The third kappa shape index (κ3) is 3.67. The van der Waals surface area contributed by atoms with Crippen LogP contribution in [0.4, 0.5) is 5.69 Å². The Hall–Kier alpha value is -3.94. The van der Waals surface area contributed by atoms with E-state index in [2.05, 4.69) is 15.4 Å². The normalized spacial score (nSPS) is 15.3. The maximum absolute atomic E-state index is 13.5. The van der Waals surface area contributed by atoms with E-state index in [1.54, 1.807) is 10.9 Å². The van der Waals surface area contributed by atoms with Gasteiger partial charge in [-0.3, -0.25) is 4.79 Å². The standard InChI is InChI=1S/C25H23N5O3/c1-15-23-18(25(31)27-17-8-9-20-21(13-17)33-12-4-11-32-20)14-19(16-6-7-16)28-24(23)30(29-15)22-5-2-3-10-26-22/h2-3,5,8-10,13-14,16H,4,6-7,11-12H2,1H3,(H,27,31). The smallest absolute Gasteiger partial charge is 0.256 e. The third-order valence-corrected chi connectivity index (χ3v) is 5.94. The fourth-order valence-electron chi connectivity index (χ4n) is 4.15. The minimum atomic E-state index is -0.206. The van der Waals surface area contributed by atoms with Crippen LogP contribution in [0.3, 0.4) is 0 Å². The molecule has 1 amide bonds. The molecule has 0 bridgehead atoms. The van der Waals surface area contributed by atoms with E-state index in [0.717, 1.165) is 36.0 Å². The molecule has 4 aromatic rings. The first-order valence-corrected chi connectivity index (χ1v) is 11.2. The van der Waals surface area contributed by atoms with Gasteiger partial charge in [0.15, 0.2) is 23.0 Å². The number of hydrogen-bond donors (Lipinski definition) is 1. The zero-order chi connectivity index (χ0) is 22.4. The van der Waals surface area contributed by atoms with Gasteiger partial charge in [-0.1, -0.05) is 6.07 Å². The Labute approximate surface area is 190 Å². The minimum Gasteiger partial charge on any atom is -0.490 e. The second kappa shape index (κ2) is 7.88. The van der Waals surface area contributed by atoms with Crippen molar-refractivity contribution in [1.82, 2.24) is 19.7 Å². The molecule has 0 unspecified atom stereocenters. The number of hydrogen-bond acceptors (Lipinski definition) is 6. The zero-order valence-corrected chi connectivity index (χ0v) is 18.2. The van der Waals surface area contributed by atoms with Crippen molar-refractivity contribution in [2.45, 2.75) is 32.1 Å². The van der Waals surface area contributed by atoms with E-state index < -0.39 is 0 Å². The van der Waals surface area contributed by atoms with Crippen LogP contribution >= 0.6 is 0 Å². The van der Waals surface area contributed by atoms with Gasteiger partial charge in [-0.15, -0.1) is 0 Å². The molecule has 0 radical (unpaired) electrons. The number of ether oxygens (including phenoxy) is 2. The molecule has 6 rings (SSSR count). The molecular formula is C25H23N5O3. The van der Waals surface area contributed by atoms with Gasteiger partial charge in [0.1, 0.15) is 0 Å². The highest BCUT2D eigenvalue weighted by atomic mass is 16.5. The molecule has 1 aromatic carbocycles. The lowest BCUT2D eigenvalue weighted by Gasteiger charge is -2.12. The van der Waals surface area contributed by atoms with Gasteiger partial charge in [0.05, 0.1) is 29.9 Å². The van der Waals surface area contributed by atoms with Crippen molar-refractivity contribution in [2.24, 2.45) is 0 Å². The Balaban J connectivity index is 1.42. The molecule has 3 aromatic heterocycles. The average Bonchev–Trinajstić information content (AvgIpc) is 3.66. The summed E-state index contributed by atoms with van der Waals surface area (Å²) in [6.07, 6.45) is 4.71. The summed E-state index contributed by atoms with van der Waals surface area (Å²) in [7, 11) is 0. The average molecular weight is 441 g/mol. The van der Waals surface area contributed by atoms with Crippen LogP contribution in [-0.2, 0) is 0 Å². The summed E-state index contributed by atoms with van der Waals surface area (Å²) in [4.78, 5) is 22.8. The molecule has 0 saturated heterocycles. The number of benzene rings is 1. The van der Waals surface area contributed by atoms with Crippen molar-refractivity contribution in [3.8, 4) is 17.3 Å². The van der Waals surface area contributed by atoms with Crippen LogP contribution in [0.15, 0.2) is 48.7 Å². The summed E-state index contributed by atoms with van der Waals surface area (Å²) in [6, 6.07) is 13.0. The van der Waals surface area contributed by atoms with E-state index in [1.165, 1.54) is 0 Å². The number of carbonyl (C=O) groups excluding carboxylic acids is 1. The number of pyridine rings is 2. The maximum atomic E-state index is 13.5. The first-order valence-electron chi connectivity index (χ1n) is 11.2. The van der Waals surface area contributed by atoms with Gasteiger partial charge >= 0.3 is 0 Å². The van der Waals surface area contributed by atoms with Gasteiger partial charge in [-0.2, -0.15) is 9.78 Å². The van der Waals surface area contributed by atoms with Crippen LogP contribution in [0.25, 0.3) is 16.9 Å². The highest BCUT2D eigenvalue weighted by molar-refractivity contribution is 6.13. The van der Waals surface area contributed by atoms with E-state index in [-0.39, 0.29) is 5.91 Å². The molecule has 2 aliphatic rings. The van der Waals surface area contributed by atoms with E-state index >= 15 is 0 Å². The fraction of sp³-hybridized carbons (Fsp3) is 0.280. The highest BCUT2D eigenvalue weighted by Crippen LogP contribution is 2.41. The molecule has 166 valence electrons. The van der Waals surface area contributed by atoms with Crippen LogP contribution in [0.5, 0.6) is 11.5 Å². The van der Waals surface area contributed by atoms with Crippen molar-refractivity contribution < 1.29 is 14.3 Å². The van der Waals surface area contributed by atoms with E-state index in [4.69, 9.17) is 14.5 Å². The molecule has 1 aliphatic heterocycles. The van der Waals surface area contributed by atoms with Crippen molar-refractivity contribution in [1.29, 1.82) is 0 Å². The zero-order valence-electron chi connectivity index (χ0n) is 18.2. The van der Waals surface area contributed by atoms with Crippen LogP contribution in [0, 0.1) is 6.92 Å². The number of aryl methyl sites for hydroxylation is 1. The summed E-state index contributed by atoms with van der Waals surface area (Å²) in [5.41, 5.74) is 3.52. The molecule has 1 saturated carbocycles. The van der Waals surface area contributed by atoms with Crippen LogP contribution in [-0.4, -0.2) is 38.9 Å². The summed E-state index contributed by atoms with van der Waals surface area (Å²) in [5.74, 6) is 2.18. The molecule has 0 atom stereocenters. The molecule has 0 spiro atoms. The minimum absolute atomic E-state index is 0.206. The van der Waals surface area contributed by atoms with E-state index in [0.29, 0.717) is 53.3 Å². The second-order valence-electron chi connectivity index (χ2n) is 8.42. The summed E-state index contributed by atoms with van der Waals surface area (Å²) in [6.45, 7) is 3.10. The van der Waals surface area contributed by atoms with Gasteiger partial charge in [-0.05, 0) is 50.1 Å². The Morgan fingerprint density at radius 3 is 2.73 bits per heavy atom. The van der Waals surface area contributed by atoms with Gasteiger partial charge in [0.25, 0.3) is 5.91 Å². The van der Waals surface area contributed by atoms with Crippen molar-refractivity contribution in [3.05, 3.63) is 65.6 Å². The van der Waals surface area contributed by atoms with Crippen LogP contribution in [0.1, 0.15) is 46.9 Å². The Bertz CT molecular complexity index is 1360. The predicted molar refractivity (Wildman–Crippen MR) is 123 cm³/mol. The van der Waals surface area contributed by atoms with Crippen molar-refractivity contribution in [3.63, 3.8) is 0 Å². The second-order valence-corrected chi connectivity index (χ2v) is 8.42. The molecule has 33 heavy (non-hydrogen) atoms. The van der Waals surface area contributed by atoms with Crippen molar-refractivity contribution in [2.75, 3.05) is 18.5 Å². The number of fused-ring (bicyclic) bond motifs is 2. The van der Waals surface area contributed by atoms with E-state index in [1.807, 2.05) is 49.4 Å². The number of carbonyl (C=O) groups is 1.